The quantitative estimate of drug-likeness (QED) is 0.740. The molecule has 140 valence electrons. The average molecular weight is 396 g/mol. The average Bonchev–Trinajstić information content (AvgIpc) is 2.54. The van der Waals surface area contributed by atoms with E-state index in [0.29, 0.717) is 5.69 Å². The molecule has 0 aromatic heterocycles. The molecular weight excluding hydrogens is 374 g/mol. The molecule has 0 bridgehead atoms. The molecule has 0 aliphatic carbocycles. The van der Waals surface area contributed by atoms with Gasteiger partial charge < -0.3 is 5.32 Å². The number of nitrogens with one attached hydrogen (secondary N) is 1. The van der Waals surface area contributed by atoms with Gasteiger partial charge in [-0.15, -0.1) is 0 Å². The van der Waals surface area contributed by atoms with Crippen LogP contribution >= 0.6 is 0 Å². The summed E-state index contributed by atoms with van der Waals surface area (Å²) in [6.45, 7) is 0. The summed E-state index contributed by atoms with van der Waals surface area (Å²) in [4.78, 5) is 12.1. The maximum Gasteiger partial charge on any atom is 0.224 e. The van der Waals surface area contributed by atoms with Gasteiger partial charge in [0.05, 0.1) is 16.4 Å². The van der Waals surface area contributed by atoms with Crippen LogP contribution in [0.15, 0.2) is 59.5 Å². The molecule has 2 aromatic carbocycles. The Kier molecular flexibility index (Phi) is 6.55. The number of anilines is 1. The largest absolute Gasteiger partial charge is 0.326 e. The molecule has 0 aliphatic rings. The molecule has 0 fully saturated rings. The van der Waals surface area contributed by atoms with Gasteiger partial charge in [0.15, 0.2) is 19.7 Å². The number of rotatable bonds is 8. The zero-order valence-electron chi connectivity index (χ0n) is 14.4. The Morgan fingerprint density at radius 2 is 1.54 bits per heavy atom. The molecule has 8 heteroatoms. The van der Waals surface area contributed by atoms with Crippen LogP contribution in [0.5, 0.6) is 0 Å². The Labute approximate surface area is 154 Å². The Bertz CT molecular complexity index is 950. The van der Waals surface area contributed by atoms with Crippen molar-refractivity contribution < 1.29 is 21.6 Å². The molecular formula is C18H21NO5S2. The summed E-state index contributed by atoms with van der Waals surface area (Å²) in [6.07, 6.45) is 1.40. The molecule has 0 saturated heterocycles. The molecule has 2 rings (SSSR count). The lowest BCUT2D eigenvalue weighted by Crippen LogP contribution is -2.15. The van der Waals surface area contributed by atoms with Gasteiger partial charge in [-0.2, -0.15) is 0 Å². The lowest BCUT2D eigenvalue weighted by Gasteiger charge is -2.07. The third-order valence-corrected chi connectivity index (χ3v) is 6.47. The van der Waals surface area contributed by atoms with Gasteiger partial charge in [-0.05, 0) is 36.2 Å². The molecule has 0 radical (unpaired) electrons. The van der Waals surface area contributed by atoms with Crippen molar-refractivity contribution in [1.29, 1.82) is 0 Å². The Balaban J connectivity index is 1.81. The summed E-state index contributed by atoms with van der Waals surface area (Å²) in [7, 11) is -6.56. The van der Waals surface area contributed by atoms with Crippen molar-refractivity contribution in [2.75, 3.05) is 17.3 Å². The van der Waals surface area contributed by atoms with Gasteiger partial charge >= 0.3 is 0 Å². The fourth-order valence-corrected chi connectivity index (χ4v) is 4.42. The van der Waals surface area contributed by atoms with Crippen molar-refractivity contribution in [2.45, 2.75) is 23.5 Å². The number of carbonyl (C=O) groups excluding carboxylic acids is 1. The lowest BCUT2D eigenvalue weighted by atomic mass is 10.2. The van der Waals surface area contributed by atoms with Crippen molar-refractivity contribution in [3.63, 3.8) is 0 Å². The summed E-state index contributed by atoms with van der Waals surface area (Å²) in [5, 5.41) is 2.63. The number of sulfone groups is 2. The highest BCUT2D eigenvalue weighted by molar-refractivity contribution is 7.90. The number of carbonyl (C=O) groups is 1. The van der Waals surface area contributed by atoms with Gasteiger partial charge in [0.1, 0.15) is 0 Å². The zero-order chi connectivity index (χ0) is 19.2. The number of hydrogen-bond acceptors (Lipinski definition) is 5. The minimum atomic E-state index is -3.28. The van der Waals surface area contributed by atoms with E-state index in [1.807, 2.05) is 6.07 Å². The minimum absolute atomic E-state index is 0.0393. The van der Waals surface area contributed by atoms with Gasteiger partial charge in [0.2, 0.25) is 5.91 Å². The van der Waals surface area contributed by atoms with E-state index in [1.54, 1.807) is 24.3 Å². The van der Waals surface area contributed by atoms with Crippen molar-refractivity contribution in [2.24, 2.45) is 0 Å². The maximum absolute atomic E-state index is 12.1. The SMILES string of the molecule is CS(=O)(=O)c1ccc(NC(=O)CCCS(=O)(=O)Cc2ccccc2)cc1. The second-order valence-electron chi connectivity index (χ2n) is 6.03. The fourth-order valence-electron chi connectivity index (χ4n) is 2.36. The number of hydrogen-bond donors (Lipinski definition) is 1. The summed E-state index contributed by atoms with van der Waals surface area (Å²) in [6, 6.07) is 14.7. The highest BCUT2D eigenvalue weighted by Crippen LogP contribution is 2.14. The van der Waals surface area contributed by atoms with Crippen LogP contribution in [0.2, 0.25) is 0 Å². The summed E-state index contributed by atoms with van der Waals surface area (Å²) in [5.41, 5.74) is 1.19. The van der Waals surface area contributed by atoms with Crippen molar-refractivity contribution in [3.05, 3.63) is 60.2 Å². The summed E-state index contributed by atoms with van der Waals surface area (Å²) >= 11 is 0. The Morgan fingerprint density at radius 1 is 0.923 bits per heavy atom. The van der Waals surface area contributed by atoms with Crippen molar-refractivity contribution in [1.82, 2.24) is 0 Å². The predicted octanol–water partition coefficient (Wildman–Crippen LogP) is 2.42. The van der Waals surface area contributed by atoms with Crippen LogP contribution < -0.4 is 5.32 Å². The molecule has 2 aromatic rings. The van der Waals surface area contributed by atoms with Crippen LogP contribution in [0.4, 0.5) is 5.69 Å². The van der Waals surface area contributed by atoms with E-state index in [9.17, 15) is 21.6 Å². The van der Waals surface area contributed by atoms with E-state index in [0.717, 1.165) is 11.8 Å². The first-order valence-electron chi connectivity index (χ1n) is 8.00. The normalized spacial score (nSPS) is 11.9. The molecule has 0 saturated carbocycles. The van der Waals surface area contributed by atoms with E-state index in [-0.39, 0.29) is 35.2 Å². The minimum Gasteiger partial charge on any atom is -0.326 e. The zero-order valence-corrected chi connectivity index (χ0v) is 16.0. The number of benzene rings is 2. The van der Waals surface area contributed by atoms with E-state index in [2.05, 4.69) is 5.32 Å². The molecule has 0 aliphatic heterocycles. The van der Waals surface area contributed by atoms with Crippen LogP contribution in [-0.4, -0.2) is 34.8 Å². The van der Waals surface area contributed by atoms with E-state index < -0.39 is 19.7 Å². The highest BCUT2D eigenvalue weighted by Gasteiger charge is 2.13. The second-order valence-corrected chi connectivity index (χ2v) is 10.2. The van der Waals surface area contributed by atoms with Crippen LogP contribution in [0.3, 0.4) is 0 Å². The van der Waals surface area contributed by atoms with E-state index in [1.165, 1.54) is 24.3 Å². The van der Waals surface area contributed by atoms with Gasteiger partial charge in [-0.1, -0.05) is 30.3 Å². The third kappa shape index (κ3) is 6.61. The first kappa shape index (κ1) is 20.1. The topological polar surface area (TPSA) is 97.4 Å². The molecule has 6 nitrogen and oxygen atoms in total. The van der Waals surface area contributed by atoms with Crippen LogP contribution in [0.25, 0.3) is 0 Å². The van der Waals surface area contributed by atoms with Crippen molar-refractivity contribution in [3.8, 4) is 0 Å². The first-order chi connectivity index (χ1) is 12.2. The molecule has 1 N–H and O–H groups in total. The van der Waals surface area contributed by atoms with Crippen molar-refractivity contribution >= 4 is 31.3 Å². The summed E-state index contributed by atoms with van der Waals surface area (Å²) in [5.74, 6) is -0.419. The number of amides is 1. The monoisotopic (exact) mass is 395 g/mol. The molecule has 26 heavy (non-hydrogen) atoms. The Hall–Kier alpha value is -2.19. The second kappa shape index (κ2) is 8.46. The third-order valence-electron chi connectivity index (χ3n) is 3.65. The smallest absolute Gasteiger partial charge is 0.224 e. The van der Waals surface area contributed by atoms with Crippen LogP contribution in [0, 0.1) is 0 Å². The van der Waals surface area contributed by atoms with Gasteiger partial charge in [0, 0.05) is 18.4 Å². The lowest BCUT2D eigenvalue weighted by molar-refractivity contribution is -0.116. The van der Waals surface area contributed by atoms with Gasteiger partial charge in [0.25, 0.3) is 0 Å². The van der Waals surface area contributed by atoms with E-state index >= 15 is 0 Å². The molecule has 0 atom stereocenters. The highest BCUT2D eigenvalue weighted by atomic mass is 32.2. The molecule has 0 heterocycles. The first-order valence-corrected chi connectivity index (χ1v) is 11.7. The van der Waals surface area contributed by atoms with Crippen LogP contribution in [0.1, 0.15) is 18.4 Å². The molecule has 0 unspecified atom stereocenters. The Morgan fingerprint density at radius 3 is 2.12 bits per heavy atom. The van der Waals surface area contributed by atoms with Gasteiger partial charge in [-0.3, -0.25) is 4.79 Å². The molecule has 0 spiro atoms. The molecule has 1 amide bonds. The fraction of sp³-hybridized carbons (Fsp3) is 0.278. The predicted molar refractivity (Wildman–Crippen MR) is 101 cm³/mol. The van der Waals surface area contributed by atoms with Crippen LogP contribution in [-0.2, 0) is 30.2 Å². The standard InChI is InChI=1S/C18H21NO5S2/c1-25(21,22)17-11-9-16(10-12-17)19-18(20)8-5-13-26(23,24)14-15-6-3-2-4-7-15/h2-4,6-7,9-12H,5,8,13-14H2,1H3,(H,19,20). The maximum atomic E-state index is 12.1. The van der Waals surface area contributed by atoms with Gasteiger partial charge in [-0.25, -0.2) is 16.8 Å². The van der Waals surface area contributed by atoms with E-state index in [4.69, 9.17) is 0 Å². The summed E-state index contributed by atoms with van der Waals surface area (Å²) < 4.78 is 46.9.